The van der Waals surface area contributed by atoms with Gasteiger partial charge in [0.1, 0.15) is 0 Å². The molecule has 0 unspecified atom stereocenters. The van der Waals surface area contributed by atoms with E-state index in [-0.39, 0.29) is 5.41 Å². The van der Waals surface area contributed by atoms with Gasteiger partial charge in [-0.3, -0.25) is 5.10 Å². The monoisotopic (exact) mass is 189 g/mol. The molecule has 14 heavy (non-hydrogen) atoms. The number of nitrogens with one attached hydrogen (secondary N) is 1. The largest absolute Gasteiger partial charge is 0.261 e. The Morgan fingerprint density at radius 3 is 2.93 bits per heavy atom. The molecule has 3 nitrogen and oxygen atoms in total. The molecule has 0 bridgehead atoms. The maximum absolute atomic E-state index is 4.35. The van der Waals surface area contributed by atoms with Crippen molar-refractivity contribution < 1.29 is 0 Å². The van der Waals surface area contributed by atoms with E-state index < -0.39 is 0 Å². The highest BCUT2D eigenvalue weighted by Crippen LogP contribution is 2.29. The molecule has 0 saturated carbocycles. The van der Waals surface area contributed by atoms with Gasteiger partial charge >= 0.3 is 0 Å². The van der Waals surface area contributed by atoms with Crippen LogP contribution in [0, 0.1) is 0 Å². The van der Waals surface area contributed by atoms with E-state index in [2.05, 4.69) is 42.0 Å². The highest BCUT2D eigenvalue weighted by atomic mass is 15.2. The van der Waals surface area contributed by atoms with E-state index in [1.807, 2.05) is 6.07 Å². The Morgan fingerprint density at radius 2 is 2.21 bits per heavy atom. The molecule has 2 rings (SSSR count). The first kappa shape index (κ1) is 9.19. The van der Waals surface area contributed by atoms with Crippen LogP contribution >= 0.6 is 0 Å². The summed E-state index contributed by atoms with van der Waals surface area (Å²) in [7, 11) is 0. The van der Waals surface area contributed by atoms with Crippen molar-refractivity contribution in [3.05, 3.63) is 24.0 Å². The van der Waals surface area contributed by atoms with Crippen LogP contribution in [-0.4, -0.2) is 15.2 Å². The van der Waals surface area contributed by atoms with Gasteiger partial charge in [0, 0.05) is 17.0 Å². The molecule has 3 heteroatoms. The lowest BCUT2D eigenvalue weighted by molar-refractivity contribution is 0.493. The number of hydrogen-bond donors (Lipinski definition) is 1. The highest BCUT2D eigenvalue weighted by Gasteiger charge is 2.23. The number of H-pyrrole nitrogens is 1. The van der Waals surface area contributed by atoms with Crippen molar-refractivity contribution in [3.8, 4) is 0 Å². The van der Waals surface area contributed by atoms with E-state index in [0.717, 1.165) is 23.1 Å². The molecular weight excluding hydrogens is 174 g/mol. The fourth-order valence-corrected chi connectivity index (χ4v) is 1.54. The normalized spacial score (nSPS) is 12.2. The van der Waals surface area contributed by atoms with Crippen LogP contribution in [0.15, 0.2) is 18.3 Å². The van der Waals surface area contributed by atoms with Crippen molar-refractivity contribution >= 4 is 11.0 Å². The van der Waals surface area contributed by atoms with E-state index in [0.29, 0.717) is 0 Å². The summed E-state index contributed by atoms with van der Waals surface area (Å²) in [6.07, 6.45) is 2.85. The van der Waals surface area contributed by atoms with Crippen LogP contribution in [0.4, 0.5) is 0 Å². The van der Waals surface area contributed by atoms with Gasteiger partial charge in [-0.25, -0.2) is 4.98 Å². The first-order valence-corrected chi connectivity index (χ1v) is 4.95. The minimum absolute atomic E-state index is 0.112. The van der Waals surface area contributed by atoms with Gasteiger partial charge in [0.05, 0.1) is 5.69 Å². The second-order valence-corrected chi connectivity index (χ2v) is 4.21. The third kappa shape index (κ3) is 1.29. The molecule has 0 aliphatic rings. The van der Waals surface area contributed by atoms with Gasteiger partial charge < -0.3 is 0 Å². The van der Waals surface area contributed by atoms with Crippen LogP contribution < -0.4 is 0 Å². The number of aromatic amines is 1. The molecule has 0 saturated heterocycles. The Kier molecular flexibility index (Phi) is 2.02. The van der Waals surface area contributed by atoms with Crippen molar-refractivity contribution in [2.24, 2.45) is 0 Å². The summed E-state index contributed by atoms with van der Waals surface area (Å²) in [6, 6.07) is 4.02. The van der Waals surface area contributed by atoms with Crippen LogP contribution in [-0.2, 0) is 5.41 Å². The zero-order valence-electron chi connectivity index (χ0n) is 8.83. The minimum atomic E-state index is 0.112. The molecule has 0 radical (unpaired) electrons. The van der Waals surface area contributed by atoms with Gasteiger partial charge in [-0.15, -0.1) is 0 Å². The SMILES string of the molecule is CCC(C)(C)c1n[nH]c2ncccc12. The van der Waals surface area contributed by atoms with Gasteiger partial charge in [0.25, 0.3) is 0 Å². The number of rotatable bonds is 2. The number of nitrogens with zero attached hydrogens (tertiary/aromatic N) is 2. The molecule has 0 fully saturated rings. The Hall–Kier alpha value is -1.38. The van der Waals surface area contributed by atoms with Crippen molar-refractivity contribution in [2.45, 2.75) is 32.6 Å². The predicted molar refractivity (Wildman–Crippen MR) is 57.2 cm³/mol. The molecule has 1 N–H and O–H groups in total. The van der Waals surface area contributed by atoms with Gasteiger partial charge in [-0.05, 0) is 18.6 Å². The standard InChI is InChI=1S/C11H15N3/c1-4-11(2,3)9-8-6-5-7-12-10(8)14-13-9/h5-7H,4H2,1-3H3,(H,12,13,14). The smallest absolute Gasteiger partial charge is 0.155 e. The van der Waals surface area contributed by atoms with Crippen molar-refractivity contribution in [3.63, 3.8) is 0 Å². The van der Waals surface area contributed by atoms with Crippen molar-refractivity contribution in [1.29, 1.82) is 0 Å². The topological polar surface area (TPSA) is 41.6 Å². The summed E-state index contributed by atoms with van der Waals surface area (Å²) in [5.74, 6) is 0. The zero-order chi connectivity index (χ0) is 10.2. The number of fused-ring (bicyclic) bond motifs is 1. The van der Waals surface area contributed by atoms with Crippen LogP contribution in [0.1, 0.15) is 32.9 Å². The fraction of sp³-hybridized carbons (Fsp3) is 0.455. The molecular formula is C11H15N3. The Balaban J connectivity index is 2.64. The molecule has 2 aromatic heterocycles. The van der Waals surface area contributed by atoms with Crippen LogP contribution in [0.2, 0.25) is 0 Å². The van der Waals surface area contributed by atoms with Crippen molar-refractivity contribution in [2.75, 3.05) is 0 Å². The fourth-order valence-electron chi connectivity index (χ4n) is 1.54. The van der Waals surface area contributed by atoms with E-state index in [1.54, 1.807) is 6.20 Å². The average Bonchev–Trinajstić information content (AvgIpc) is 2.61. The van der Waals surface area contributed by atoms with Crippen LogP contribution in [0.3, 0.4) is 0 Å². The molecule has 0 atom stereocenters. The van der Waals surface area contributed by atoms with E-state index in [1.165, 1.54) is 0 Å². The summed E-state index contributed by atoms with van der Waals surface area (Å²) in [5, 5.41) is 8.46. The van der Waals surface area contributed by atoms with Gasteiger partial charge in [0.2, 0.25) is 0 Å². The summed E-state index contributed by atoms with van der Waals surface area (Å²) in [4.78, 5) is 4.23. The third-order valence-electron chi connectivity index (χ3n) is 2.86. The molecule has 2 aromatic rings. The molecule has 0 amide bonds. The molecule has 0 aliphatic heterocycles. The van der Waals surface area contributed by atoms with Gasteiger partial charge in [-0.1, -0.05) is 20.8 Å². The lowest BCUT2D eigenvalue weighted by atomic mass is 9.85. The predicted octanol–water partition coefficient (Wildman–Crippen LogP) is 2.65. The van der Waals surface area contributed by atoms with Crippen LogP contribution in [0.5, 0.6) is 0 Å². The van der Waals surface area contributed by atoms with E-state index in [9.17, 15) is 0 Å². The number of hydrogen-bond acceptors (Lipinski definition) is 2. The van der Waals surface area contributed by atoms with Gasteiger partial charge in [0.15, 0.2) is 5.65 Å². The number of aromatic nitrogens is 3. The van der Waals surface area contributed by atoms with Crippen LogP contribution in [0.25, 0.3) is 11.0 Å². The third-order valence-corrected chi connectivity index (χ3v) is 2.86. The Labute approximate surface area is 83.6 Å². The quantitative estimate of drug-likeness (QED) is 0.789. The zero-order valence-corrected chi connectivity index (χ0v) is 8.83. The molecule has 0 aliphatic carbocycles. The lowest BCUT2D eigenvalue weighted by Crippen LogP contribution is -2.16. The minimum Gasteiger partial charge on any atom is -0.261 e. The second-order valence-electron chi connectivity index (χ2n) is 4.21. The Morgan fingerprint density at radius 1 is 1.43 bits per heavy atom. The number of pyridine rings is 1. The molecule has 0 aromatic carbocycles. The highest BCUT2D eigenvalue weighted by molar-refractivity contribution is 5.78. The van der Waals surface area contributed by atoms with Crippen molar-refractivity contribution in [1.82, 2.24) is 15.2 Å². The molecule has 0 spiro atoms. The van der Waals surface area contributed by atoms with Gasteiger partial charge in [-0.2, -0.15) is 5.10 Å². The second kappa shape index (κ2) is 3.08. The summed E-state index contributed by atoms with van der Waals surface area (Å²) >= 11 is 0. The molecule has 74 valence electrons. The summed E-state index contributed by atoms with van der Waals surface area (Å²) < 4.78 is 0. The maximum Gasteiger partial charge on any atom is 0.155 e. The van der Waals surface area contributed by atoms with E-state index >= 15 is 0 Å². The van der Waals surface area contributed by atoms with E-state index in [4.69, 9.17) is 0 Å². The summed E-state index contributed by atoms with van der Waals surface area (Å²) in [5.41, 5.74) is 2.11. The summed E-state index contributed by atoms with van der Waals surface area (Å²) in [6.45, 7) is 6.59. The first-order chi connectivity index (χ1) is 6.65. The Bertz CT molecular complexity index is 442. The average molecular weight is 189 g/mol. The lowest BCUT2D eigenvalue weighted by Gasteiger charge is -2.19. The maximum atomic E-state index is 4.35. The first-order valence-electron chi connectivity index (χ1n) is 4.95. The molecule has 2 heterocycles.